The fourth-order valence-corrected chi connectivity index (χ4v) is 1.89. The number of aliphatic hydroxyl groups is 1. The molecule has 1 amide bonds. The first-order valence-corrected chi connectivity index (χ1v) is 6.92. The third kappa shape index (κ3) is 4.38. The summed E-state index contributed by atoms with van der Waals surface area (Å²) in [5, 5.41) is 23.4. The van der Waals surface area contributed by atoms with Crippen LogP contribution in [0.2, 0.25) is 0 Å². The lowest BCUT2D eigenvalue weighted by molar-refractivity contribution is -0.122. The van der Waals surface area contributed by atoms with Crippen molar-refractivity contribution in [2.24, 2.45) is 5.92 Å². The molecule has 2 aromatic heterocycles. The Morgan fingerprint density at radius 2 is 2.43 bits per heavy atom. The summed E-state index contributed by atoms with van der Waals surface area (Å²) in [5.41, 5.74) is 0. The van der Waals surface area contributed by atoms with Crippen LogP contribution in [0.3, 0.4) is 0 Å². The number of amides is 1. The lowest BCUT2D eigenvalue weighted by atomic mass is 10.0. The minimum Gasteiger partial charge on any atom is -0.461 e. The van der Waals surface area contributed by atoms with Gasteiger partial charge in [-0.05, 0) is 29.7 Å². The molecule has 2 N–H and O–H groups in total. The van der Waals surface area contributed by atoms with Crippen molar-refractivity contribution in [1.29, 1.82) is 0 Å². The SMILES string of the molecule is CCC(CCO)CNC(=O)Cn1nnc(-c2ccco2)n1. The zero-order valence-corrected chi connectivity index (χ0v) is 11.9. The molecular weight excluding hydrogens is 274 g/mol. The number of nitrogens with one attached hydrogen (secondary N) is 1. The Morgan fingerprint density at radius 1 is 1.57 bits per heavy atom. The van der Waals surface area contributed by atoms with Crippen molar-refractivity contribution < 1.29 is 14.3 Å². The smallest absolute Gasteiger partial charge is 0.243 e. The lowest BCUT2D eigenvalue weighted by Crippen LogP contribution is -2.32. The third-order valence-electron chi connectivity index (χ3n) is 3.18. The predicted molar refractivity (Wildman–Crippen MR) is 74.0 cm³/mol. The summed E-state index contributed by atoms with van der Waals surface area (Å²) in [5.74, 6) is 0.950. The molecule has 8 heteroatoms. The summed E-state index contributed by atoms with van der Waals surface area (Å²) in [4.78, 5) is 13.0. The van der Waals surface area contributed by atoms with E-state index in [1.807, 2.05) is 6.92 Å². The maximum atomic E-state index is 11.8. The van der Waals surface area contributed by atoms with Gasteiger partial charge in [0.05, 0.1) is 6.26 Å². The van der Waals surface area contributed by atoms with Gasteiger partial charge >= 0.3 is 0 Å². The second-order valence-corrected chi connectivity index (χ2v) is 4.71. The van der Waals surface area contributed by atoms with Crippen molar-refractivity contribution in [3.05, 3.63) is 18.4 Å². The Hall–Kier alpha value is -2.22. The second-order valence-electron chi connectivity index (χ2n) is 4.71. The van der Waals surface area contributed by atoms with Crippen molar-refractivity contribution in [1.82, 2.24) is 25.5 Å². The number of tetrazole rings is 1. The maximum absolute atomic E-state index is 11.8. The number of furan rings is 1. The van der Waals surface area contributed by atoms with Gasteiger partial charge in [0.25, 0.3) is 0 Å². The van der Waals surface area contributed by atoms with E-state index in [-0.39, 0.29) is 25.0 Å². The average Bonchev–Trinajstić information content (AvgIpc) is 3.14. The molecule has 114 valence electrons. The normalized spacial score (nSPS) is 12.3. The quantitative estimate of drug-likeness (QED) is 0.732. The first-order valence-electron chi connectivity index (χ1n) is 6.92. The van der Waals surface area contributed by atoms with E-state index in [0.29, 0.717) is 24.6 Å². The van der Waals surface area contributed by atoms with E-state index in [1.54, 1.807) is 12.1 Å². The molecule has 0 aliphatic heterocycles. The maximum Gasteiger partial charge on any atom is 0.243 e. The molecule has 2 aromatic rings. The van der Waals surface area contributed by atoms with Gasteiger partial charge in [-0.3, -0.25) is 4.79 Å². The van der Waals surface area contributed by atoms with Crippen LogP contribution < -0.4 is 5.32 Å². The summed E-state index contributed by atoms with van der Waals surface area (Å²) >= 11 is 0. The van der Waals surface area contributed by atoms with Gasteiger partial charge in [0.2, 0.25) is 11.7 Å². The number of nitrogens with zero attached hydrogens (tertiary/aromatic N) is 4. The second kappa shape index (κ2) is 7.53. The number of aliphatic hydroxyl groups excluding tert-OH is 1. The van der Waals surface area contributed by atoms with Crippen LogP contribution in [0.4, 0.5) is 0 Å². The molecule has 1 atom stereocenters. The van der Waals surface area contributed by atoms with E-state index < -0.39 is 0 Å². The Labute approximate surface area is 122 Å². The number of hydrogen-bond acceptors (Lipinski definition) is 6. The summed E-state index contributed by atoms with van der Waals surface area (Å²) in [6.45, 7) is 2.70. The molecular formula is C13H19N5O3. The molecule has 1 unspecified atom stereocenters. The monoisotopic (exact) mass is 293 g/mol. The van der Waals surface area contributed by atoms with Crippen LogP contribution in [0, 0.1) is 5.92 Å². The molecule has 0 radical (unpaired) electrons. The number of carbonyl (C=O) groups is 1. The van der Waals surface area contributed by atoms with Crippen LogP contribution in [0.25, 0.3) is 11.6 Å². The Balaban J connectivity index is 1.83. The molecule has 0 aromatic carbocycles. The van der Waals surface area contributed by atoms with E-state index in [2.05, 4.69) is 20.7 Å². The van der Waals surface area contributed by atoms with Gasteiger partial charge in [0.1, 0.15) is 6.54 Å². The molecule has 0 saturated heterocycles. The Kier molecular flexibility index (Phi) is 5.44. The molecule has 0 aliphatic rings. The fourth-order valence-electron chi connectivity index (χ4n) is 1.89. The average molecular weight is 293 g/mol. The highest BCUT2D eigenvalue weighted by atomic mass is 16.3. The molecule has 8 nitrogen and oxygen atoms in total. The number of hydrogen-bond donors (Lipinski definition) is 2. The molecule has 0 saturated carbocycles. The first kappa shape index (κ1) is 15.2. The Bertz CT molecular complexity index is 552. The van der Waals surface area contributed by atoms with E-state index >= 15 is 0 Å². The zero-order valence-electron chi connectivity index (χ0n) is 11.9. The summed E-state index contributed by atoms with van der Waals surface area (Å²) in [7, 11) is 0. The van der Waals surface area contributed by atoms with Gasteiger partial charge in [-0.1, -0.05) is 13.3 Å². The highest BCUT2D eigenvalue weighted by Gasteiger charge is 2.12. The van der Waals surface area contributed by atoms with Crippen molar-refractivity contribution in [3.63, 3.8) is 0 Å². The third-order valence-corrected chi connectivity index (χ3v) is 3.18. The topological polar surface area (TPSA) is 106 Å². The predicted octanol–water partition coefficient (Wildman–Crippen LogP) is 0.458. The largest absolute Gasteiger partial charge is 0.461 e. The molecule has 0 bridgehead atoms. The van der Waals surface area contributed by atoms with E-state index in [4.69, 9.17) is 9.52 Å². The van der Waals surface area contributed by atoms with Crippen LogP contribution in [0.15, 0.2) is 22.8 Å². The summed E-state index contributed by atoms with van der Waals surface area (Å²) in [6, 6.07) is 3.46. The van der Waals surface area contributed by atoms with E-state index in [1.165, 1.54) is 11.1 Å². The molecule has 2 heterocycles. The van der Waals surface area contributed by atoms with Crippen LogP contribution in [-0.2, 0) is 11.3 Å². The van der Waals surface area contributed by atoms with Gasteiger partial charge in [0, 0.05) is 13.2 Å². The van der Waals surface area contributed by atoms with Crippen LogP contribution >= 0.6 is 0 Å². The Morgan fingerprint density at radius 3 is 3.10 bits per heavy atom. The van der Waals surface area contributed by atoms with E-state index in [9.17, 15) is 4.79 Å². The molecule has 0 aliphatic carbocycles. The molecule has 0 fully saturated rings. The standard InChI is InChI=1S/C13H19N5O3/c1-2-10(5-6-19)8-14-12(20)9-18-16-13(15-17-18)11-4-3-7-21-11/h3-4,7,10,19H,2,5-6,8-9H2,1H3,(H,14,20). The van der Waals surface area contributed by atoms with Crippen LogP contribution in [-0.4, -0.2) is 44.4 Å². The highest BCUT2D eigenvalue weighted by molar-refractivity contribution is 5.75. The highest BCUT2D eigenvalue weighted by Crippen LogP contribution is 2.12. The fraction of sp³-hybridized carbons (Fsp3) is 0.538. The molecule has 0 spiro atoms. The molecule has 21 heavy (non-hydrogen) atoms. The first-order chi connectivity index (χ1) is 10.2. The van der Waals surface area contributed by atoms with Crippen molar-refractivity contribution in [2.45, 2.75) is 26.3 Å². The van der Waals surface area contributed by atoms with Gasteiger partial charge in [0.15, 0.2) is 5.76 Å². The minimum atomic E-state index is -0.185. The number of carbonyl (C=O) groups excluding carboxylic acids is 1. The van der Waals surface area contributed by atoms with Crippen LogP contribution in [0.1, 0.15) is 19.8 Å². The van der Waals surface area contributed by atoms with Crippen molar-refractivity contribution in [2.75, 3.05) is 13.2 Å². The van der Waals surface area contributed by atoms with Gasteiger partial charge < -0.3 is 14.8 Å². The van der Waals surface area contributed by atoms with Gasteiger partial charge in [-0.15, -0.1) is 10.2 Å². The summed E-state index contributed by atoms with van der Waals surface area (Å²) in [6.07, 6.45) is 3.11. The van der Waals surface area contributed by atoms with Gasteiger partial charge in [-0.25, -0.2) is 0 Å². The molecule has 2 rings (SSSR count). The lowest BCUT2D eigenvalue weighted by Gasteiger charge is -2.13. The van der Waals surface area contributed by atoms with Crippen molar-refractivity contribution in [3.8, 4) is 11.6 Å². The summed E-state index contributed by atoms with van der Waals surface area (Å²) < 4.78 is 5.16. The number of rotatable bonds is 8. The minimum absolute atomic E-state index is 0.00324. The van der Waals surface area contributed by atoms with Crippen LogP contribution in [0.5, 0.6) is 0 Å². The van der Waals surface area contributed by atoms with Crippen molar-refractivity contribution >= 4 is 5.91 Å². The number of aromatic nitrogens is 4. The zero-order chi connectivity index (χ0) is 15.1. The van der Waals surface area contributed by atoms with E-state index in [0.717, 1.165) is 6.42 Å². The van der Waals surface area contributed by atoms with Gasteiger partial charge in [-0.2, -0.15) is 4.80 Å².